The van der Waals surface area contributed by atoms with E-state index < -0.39 is 29.5 Å². The Balaban J connectivity index is 1.20. The maximum Gasteiger partial charge on any atom is 0.251 e. The summed E-state index contributed by atoms with van der Waals surface area (Å²) in [6.45, 7) is 8.39. The van der Waals surface area contributed by atoms with Crippen molar-refractivity contribution < 1.29 is 33.0 Å². The Labute approximate surface area is 277 Å². The van der Waals surface area contributed by atoms with Gasteiger partial charge in [0, 0.05) is 74.6 Å². The van der Waals surface area contributed by atoms with E-state index in [1.165, 1.54) is 12.1 Å². The van der Waals surface area contributed by atoms with Gasteiger partial charge in [-0.15, -0.1) is 10.2 Å². The van der Waals surface area contributed by atoms with Gasteiger partial charge in [-0.3, -0.25) is 14.5 Å². The van der Waals surface area contributed by atoms with Crippen LogP contribution in [0.1, 0.15) is 67.4 Å². The van der Waals surface area contributed by atoms with E-state index >= 15 is 8.78 Å². The Morgan fingerprint density at radius 2 is 1.94 bits per heavy atom. The molecule has 47 heavy (non-hydrogen) atoms. The van der Waals surface area contributed by atoms with Gasteiger partial charge >= 0.3 is 0 Å². The van der Waals surface area contributed by atoms with Crippen LogP contribution in [0.25, 0.3) is 10.6 Å². The number of aliphatic hydroxyl groups is 1. The lowest BCUT2D eigenvalue weighted by atomic mass is 9.98. The minimum atomic E-state index is -1.21. The molecule has 0 saturated carbocycles. The van der Waals surface area contributed by atoms with Crippen LogP contribution in [-0.2, 0) is 21.7 Å². The number of piperidine rings is 1. The fraction of sp³-hybridized carbons (Fsp3) is 0.529. The summed E-state index contributed by atoms with van der Waals surface area (Å²) in [5, 5.41) is 21.8. The highest BCUT2D eigenvalue weighted by Gasteiger charge is 2.34. The van der Waals surface area contributed by atoms with Gasteiger partial charge in [-0.1, -0.05) is 24.3 Å². The van der Waals surface area contributed by atoms with Crippen molar-refractivity contribution in [3.8, 4) is 22.1 Å². The average Bonchev–Trinajstić information content (AvgIpc) is 3.65. The molecule has 2 N–H and O–H groups in total. The number of carbonyl (C=O) groups is 2. The van der Waals surface area contributed by atoms with Crippen molar-refractivity contribution in [2.24, 2.45) is 5.92 Å². The van der Waals surface area contributed by atoms with E-state index in [9.17, 15) is 14.7 Å². The van der Waals surface area contributed by atoms with Crippen molar-refractivity contribution >= 4 is 23.2 Å². The van der Waals surface area contributed by atoms with Crippen LogP contribution in [-0.4, -0.2) is 88.0 Å². The Bertz CT molecular complexity index is 1610. The molecule has 6 rings (SSSR count). The first-order valence-electron chi connectivity index (χ1n) is 16.2. The largest absolute Gasteiger partial charge is 0.457 e. The second-order valence-corrected chi connectivity index (χ2v) is 14.3. The Hall–Kier alpha value is -3.52. The van der Waals surface area contributed by atoms with E-state index in [0.29, 0.717) is 66.5 Å². The quantitative estimate of drug-likeness (QED) is 0.325. The predicted octanol–water partition coefficient (Wildman–Crippen LogP) is 5.05. The van der Waals surface area contributed by atoms with Gasteiger partial charge in [-0.25, -0.2) is 8.78 Å². The van der Waals surface area contributed by atoms with Gasteiger partial charge in [-0.05, 0) is 63.3 Å². The summed E-state index contributed by atoms with van der Waals surface area (Å²) < 4.78 is 42.3. The molecule has 13 heteroatoms. The van der Waals surface area contributed by atoms with E-state index in [4.69, 9.17) is 9.47 Å². The number of halogens is 2. The molecule has 2 amide bonds. The highest BCUT2D eigenvalue weighted by Crippen LogP contribution is 2.35. The summed E-state index contributed by atoms with van der Waals surface area (Å²) in [6.07, 6.45) is 1.53. The van der Waals surface area contributed by atoms with Crippen molar-refractivity contribution in [3.63, 3.8) is 0 Å². The number of likely N-dealkylation sites (tertiary alicyclic amines) is 2. The number of nitrogens with zero attached hydrogens (tertiary/aromatic N) is 4. The molecule has 3 fully saturated rings. The van der Waals surface area contributed by atoms with Gasteiger partial charge in [-0.2, -0.15) is 0 Å². The molecule has 3 aliphatic heterocycles. The topological polar surface area (TPSA) is 117 Å². The number of amides is 2. The number of hydrogen-bond acceptors (Lipinski definition) is 9. The van der Waals surface area contributed by atoms with Crippen molar-refractivity contribution in [1.82, 2.24) is 25.3 Å². The van der Waals surface area contributed by atoms with Crippen LogP contribution in [0, 0.1) is 11.7 Å². The van der Waals surface area contributed by atoms with E-state index in [2.05, 4.69) is 20.4 Å². The minimum absolute atomic E-state index is 0.0317. The fourth-order valence-electron chi connectivity index (χ4n) is 6.41. The summed E-state index contributed by atoms with van der Waals surface area (Å²) in [7, 11) is 0. The SMILES string of the molecule is CC1CC(=O)N(Cc2ccc(C(=O)NC3CCN(C4CCOCC4)CC3F)cc2Oc2ccc(-c3nnc(C(C)(C)O)s3)c(F)c2)C1. The summed E-state index contributed by atoms with van der Waals surface area (Å²) >= 11 is 1.09. The van der Waals surface area contributed by atoms with Crippen LogP contribution in [0.5, 0.6) is 11.5 Å². The molecule has 1 aromatic heterocycles. The maximum atomic E-state index is 15.4. The number of hydrogen-bond donors (Lipinski definition) is 2. The molecular formula is C34H41F2N5O5S. The number of ether oxygens (including phenoxy) is 2. The lowest BCUT2D eigenvalue weighted by Gasteiger charge is -2.40. The third kappa shape index (κ3) is 7.80. The monoisotopic (exact) mass is 669 g/mol. The van der Waals surface area contributed by atoms with Gasteiger partial charge in [0.05, 0.1) is 6.04 Å². The third-order valence-corrected chi connectivity index (χ3v) is 10.3. The highest BCUT2D eigenvalue weighted by atomic mass is 32.1. The molecule has 3 aliphatic rings. The Morgan fingerprint density at radius 1 is 1.15 bits per heavy atom. The second-order valence-electron chi connectivity index (χ2n) is 13.3. The summed E-state index contributed by atoms with van der Waals surface area (Å²) in [6, 6.07) is 8.95. The summed E-state index contributed by atoms with van der Waals surface area (Å²) in [5.74, 6) is -0.293. The molecule has 3 atom stereocenters. The number of rotatable bonds is 9. The van der Waals surface area contributed by atoms with Crippen molar-refractivity contribution in [3.05, 3.63) is 58.3 Å². The standard InChI is InChI=1S/C34H41F2N5O5S/c1-20-14-30(42)41(17-20)18-22-5-4-21(31(43)37-28-8-11-40(19-27(28)36)23-9-12-45-13-10-23)15-29(22)46-24-6-7-25(26(35)16-24)32-38-39-33(47-32)34(2,3)44/h4-7,15-16,20,23,27-28,44H,8-14,17-19H2,1-3H3,(H,37,43). The van der Waals surface area contributed by atoms with Gasteiger partial charge < -0.3 is 24.8 Å². The average molecular weight is 670 g/mol. The van der Waals surface area contributed by atoms with Crippen LogP contribution in [0.2, 0.25) is 0 Å². The number of alkyl halides is 1. The van der Waals surface area contributed by atoms with E-state index in [1.54, 1.807) is 43.0 Å². The zero-order valence-electron chi connectivity index (χ0n) is 26.9. The van der Waals surface area contributed by atoms with Gasteiger partial charge in [0.2, 0.25) is 5.91 Å². The van der Waals surface area contributed by atoms with Crippen molar-refractivity contribution in [2.45, 2.75) is 76.9 Å². The second kappa shape index (κ2) is 13.9. The first-order valence-corrected chi connectivity index (χ1v) is 17.0. The number of carbonyl (C=O) groups excluding carboxylic acids is 2. The van der Waals surface area contributed by atoms with Crippen LogP contribution in [0.15, 0.2) is 36.4 Å². The van der Waals surface area contributed by atoms with Crippen molar-refractivity contribution in [2.75, 3.05) is 32.8 Å². The molecule has 0 aliphatic carbocycles. The maximum absolute atomic E-state index is 15.4. The van der Waals surface area contributed by atoms with Gasteiger partial charge in [0.1, 0.15) is 34.1 Å². The predicted molar refractivity (Wildman–Crippen MR) is 172 cm³/mol. The molecule has 252 valence electrons. The van der Waals surface area contributed by atoms with Gasteiger partial charge in [0.15, 0.2) is 5.01 Å². The normalized spacial score (nSPS) is 22.9. The molecule has 3 saturated heterocycles. The molecule has 3 aromatic rings. The van der Waals surface area contributed by atoms with Gasteiger partial charge in [0.25, 0.3) is 5.91 Å². The van der Waals surface area contributed by atoms with Crippen molar-refractivity contribution in [1.29, 1.82) is 0 Å². The molecule has 2 aromatic carbocycles. The molecule has 10 nitrogen and oxygen atoms in total. The molecule has 0 radical (unpaired) electrons. The first-order chi connectivity index (χ1) is 22.4. The zero-order valence-corrected chi connectivity index (χ0v) is 27.7. The summed E-state index contributed by atoms with van der Waals surface area (Å²) in [4.78, 5) is 29.9. The third-order valence-electron chi connectivity index (χ3n) is 9.04. The van der Waals surface area contributed by atoms with Crippen LogP contribution in [0.3, 0.4) is 0 Å². The minimum Gasteiger partial charge on any atom is -0.457 e. The smallest absolute Gasteiger partial charge is 0.251 e. The lowest BCUT2D eigenvalue weighted by molar-refractivity contribution is -0.128. The lowest BCUT2D eigenvalue weighted by Crippen LogP contribution is -2.55. The van der Waals surface area contributed by atoms with Crippen LogP contribution < -0.4 is 10.1 Å². The van der Waals surface area contributed by atoms with Crippen LogP contribution >= 0.6 is 11.3 Å². The highest BCUT2D eigenvalue weighted by molar-refractivity contribution is 7.14. The number of benzene rings is 2. The van der Waals surface area contributed by atoms with E-state index in [-0.39, 0.29) is 41.8 Å². The van der Waals surface area contributed by atoms with E-state index in [0.717, 1.165) is 24.2 Å². The van der Waals surface area contributed by atoms with E-state index in [1.807, 2.05) is 6.92 Å². The Kier molecular flexibility index (Phi) is 9.88. The zero-order chi connectivity index (χ0) is 33.3. The number of aromatic nitrogens is 2. The molecule has 0 spiro atoms. The van der Waals surface area contributed by atoms with Crippen LogP contribution in [0.4, 0.5) is 8.78 Å². The first kappa shape index (κ1) is 33.4. The fourth-order valence-corrected chi connectivity index (χ4v) is 7.28. The molecule has 4 heterocycles. The Morgan fingerprint density at radius 3 is 2.60 bits per heavy atom. The molecular weight excluding hydrogens is 628 g/mol. The summed E-state index contributed by atoms with van der Waals surface area (Å²) in [5.41, 5.74) is -0.0705. The number of nitrogens with one attached hydrogen (secondary N) is 1. The molecule has 0 bridgehead atoms. The molecule has 3 unspecified atom stereocenters.